The van der Waals surface area contributed by atoms with Gasteiger partial charge in [0.25, 0.3) is 0 Å². The highest BCUT2D eigenvalue weighted by molar-refractivity contribution is 5.73. The molecule has 0 aliphatic heterocycles. The maximum Gasteiger partial charge on any atom is 0.308 e. The van der Waals surface area contributed by atoms with Crippen molar-refractivity contribution in [1.29, 1.82) is 0 Å². The van der Waals surface area contributed by atoms with Crippen molar-refractivity contribution < 1.29 is 19.1 Å². The van der Waals surface area contributed by atoms with Crippen molar-refractivity contribution in [2.75, 3.05) is 13.2 Å². The van der Waals surface area contributed by atoms with Crippen LogP contribution >= 0.6 is 0 Å². The van der Waals surface area contributed by atoms with E-state index in [1.807, 2.05) is 0 Å². The fourth-order valence-electron chi connectivity index (χ4n) is 10.3. The lowest BCUT2D eigenvalue weighted by atomic mass is 9.59. The van der Waals surface area contributed by atoms with Gasteiger partial charge in [0.15, 0.2) is 0 Å². The van der Waals surface area contributed by atoms with Crippen LogP contribution in [-0.2, 0) is 19.1 Å². The van der Waals surface area contributed by atoms with Gasteiger partial charge in [-0.3, -0.25) is 9.59 Å². The van der Waals surface area contributed by atoms with Crippen LogP contribution in [-0.4, -0.2) is 36.7 Å². The Labute approximate surface area is 217 Å². The average Bonchev–Trinajstić information content (AvgIpc) is 3.63. The van der Waals surface area contributed by atoms with E-state index >= 15 is 0 Å². The fourth-order valence-corrected chi connectivity index (χ4v) is 10.3. The molecule has 0 radical (unpaired) electrons. The molecule has 0 aromatic heterocycles. The van der Waals surface area contributed by atoms with Gasteiger partial charge >= 0.3 is 11.9 Å². The number of carbonyl (C=O) groups excluding carboxylic acids is 2. The second kappa shape index (κ2) is 9.87. The third-order valence-corrected chi connectivity index (χ3v) is 12.2. The van der Waals surface area contributed by atoms with Crippen LogP contribution in [0.2, 0.25) is 0 Å². The summed E-state index contributed by atoms with van der Waals surface area (Å²) in [5.74, 6) is 3.42. The Balaban J connectivity index is 0.884. The molecule has 202 valence electrons. The van der Waals surface area contributed by atoms with E-state index in [4.69, 9.17) is 20.9 Å². The van der Waals surface area contributed by atoms with E-state index in [2.05, 4.69) is 0 Å². The molecular weight excluding hydrogens is 452 g/mol. The van der Waals surface area contributed by atoms with Gasteiger partial charge in [-0.05, 0) is 131 Å². The number of ether oxygens (including phenoxy) is 2. The minimum absolute atomic E-state index is 0.00380. The minimum atomic E-state index is -0.0439. The number of nitrogens with two attached hydrogens (primary N) is 2. The molecule has 4 bridgehead atoms. The van der Waals surface area contributed by atoms with Crippen molar-refractivity contribution in [3.8, 4) is 0 Å². The van der Waals surface area contributed by atoms with Crippen LogP contribution in [0, 0.1) is 46.8 Å². The number of hydrogen-bond acceptors (Lipinski definition) is 6. The van der Waals surface area contributed by atoms with E-state index in [-0.39, 0.29) is 40.8 Å². The zero-order valence-electron chi connectivity index (χ0n) is 22.1. The van der Waals surface area contributed by atoms with Gasteiger partial charge < -0.3 is 20.9 Å². The summed E-state index contributed by atoms with van der Waals surface area (Å²) in [6, 6.07) is 0.278. The first-order valence-electron chi connectivity index (χ1n) is 15.3. The number of hydrogen-bond donors (Lipinski definition) is 2. The van der Waals surface area contributed by atoms with Crippen LogP contribution in [0.1, 0.15) is 103 Å². The van der Waals surface area contributed by atoms with Gasteiger partial charge in [0.05, 0.1) is 25.0 Å². The zero-order valence-corrected chi connectivity index (χ0v) is 22.1. The normalized spacial score (nSPS) is 47.1. The minimum Gasteiger partial charge on any atom is -0.465 e. The fraction of sp³-hybridized carbons (Fsp3) is 0.933. The van der Waals surface area contributed by atoms with Crippen LogP contribution < -0.4 is 11.5 Å². The summed E-state index contributed by atoms with van der Waals surface area (Å²) >= 11 is 0. The van der Waals surface area contributed by atoms with Crippen molar-refractivity contribution >= 4 is 11.9 Å². The Morgan fingerprint density at radius 2 is 1.44 bits per heavy atom. The molecule has 0 heterocycles. The first-order chi connectivity index (χ1) is 17.4. The summed E-state index contributed by atoms with van der Waals surface area (Å²) in [6.45, 7) is 0.835. The molecule has 0 amide bonds. The molecule has 4 N–H and O–H groups in total. The molecule has 6 heteroatoms. The second-order valence-electron chi connectivity index (χ2n) is 13.7. The summed E-state index contributed by atoms with van der Waals surface area (Å²) in [6.07, 6.45) is 17.3. The van der Waals surface area contributed by atoms with E-state index in [0.717, 1.165) is 69.6 Å². The van der Waals surface area contributed by atoms with Crippen LogP contribution in [0.15, 0.2) is 0 Å². The highest BCUT2D eigenvalue weighted by atomic mass is 16.5. The average molecular weight is 501 g/mol. The molecule has 6 rings (SSSR count). The van der Waals surface area contributed by atoms with Gasteiger partial charge in [0.1, 0.15) is 0 Å². The van der Waals surface area contributed by atoms with Gasteiger partial charge in [-0.25, -0.2) is 0 Å². The van der Waals surface area contributed by atoms with Gasteiger partial charge in [0, 0.05) is 11.6 Å². The second-order valence-corrected chi connectivity index (χ2v) is 13.7. The molecular formula is C30H48N2O4. The summed E-state index contributed by atoms with van der Waals surface area (Å²) in [4.78, 5) is 25.6. The molecule has 6 saturated carbocycles. The van der Waals surface area contributed by atoms with Gasteiger partial charge in [-0.2, -0.15) is 0 Å². The standard InChI is InChI=1S/C30H48N2O4/c31-26-21-6-8-23(17-21)29(26)12-3-4-22(18-29)28(34)36-15-2-1-14-35-27(33)19-7-10-25-20-5-9-24(16-20)30(25,32)13-11-19/h19-26H,1-18,31-32H2/t19-,20+,21+,22+,23-,24-,25?,26+,29+,30+/m0/s1. The Kier molecular flexibility index (Phi) is 6.90. The first-order valence-corrected chi connectivity index (χ1v) is 15.3. The molecule has 6 fully saturated rings. The Bertz CT molecular complexity index is 845. The number of esters is 2. The summed E-state index contributed by atoms with van der Waals surface area (Å²) in [5.41, 5.74) is 13.7. The van der Waals surface area contributed by atoms with Crippen LogP contribution in [0.4, 0.5) is 0 Å². The molecule has 0 aromatic carbocycles. The molecule has 10 atom stereocenters. The predicted octanol–water partition coefficient (Wildman–Crippen LogP) is 4.72. The van der Waals surface area contributed by atoms with Gasteiger partial charge in [-0.1, -0.05) is 6.42 Å². The van der Waals surface area contributed by atoms with Crippen molar-refractivity contribution in [2.24, 2.45) is 58.3 Å². The maximum atomic E-state index is 12.8. The smallest absolute Gasteiger partial charge is 0.308 e. The van der Waals surface area contributed by atoms with E-state index in [9.17, 15) is 9.59 Å². The molecule has 6 aliphatic rings. The lowest BCUT2D eigenvalue weighted by molar-refractivity contribution is -0.153. The summed E-state index contributed by atoms with van der Waals surface area (Å²) in [7, 11) is 0. The number of rotatable bonds is 7. The molecule has 0 saturated heterocycles. The quantitative estimate of drug-likeness (QED) is 0.387. The molecule has 36 heavy (non-hydrogen) atoms. The number of carbonyl (C=O) groups is 2. The third-order valence-electron chi connectivity index (χ3n) is 12.2. The largest absolute Gasteiger partial charge is 0.465 e. The zero-order chi connectivity index (χ0) is 24.9. The molecule has 0 aromatic rings. The number of fused-ring (bicyclic) bond motifs is 8. The maximum absolute atomic E-state index is 12.8. The third kappa shape index (κ3) is 4.22. The summed E-state index contributed by atoms with van der Waals surface area (Å²) in [5, 5.41) is 0. The highest BCUT2D eigenvalue weighted by Crippen LogP contribution is 2.62. The monoisotopic (exact) mass is 500 g/mol. The Hall–Kier alpha value is -1.14. The predicted molar refractivity (Wildman–Crippen MR) is 138 cm³/mol. The van der Waals surface area contributed by atoms with E-state index in [1.54, 1.807) is 0 Å². The SMILES string of the molecule is N[C@@H]1[C@@H]2CC[C@@H](C2)[C@]12CCC[C@@H](C(=O)OCCCCOC(=O)[C@H]1CCC3[C@@H]4CC[C@@H](C4)[C@]3(N)CC1)C2. The molecule has 6 nitrogen and oxygen atoms in total. The lowest BCUT2D eigenvalue weighted by Gasteiger charge is -2.47. The van der Waals surface area contributed by atoms with Crippen LogP contribution in [0.3, 0.4) is 0 Å². The number of unbranched alkanes of at least 4 members (excludes halogenated alkanes) is 1. The van der Waals surface area contributed by atoms with E-state index < -0.39 is 0 Å². The molecule has 1 unspecified atom stereocenters. The van der Waals surface area contributed by atoms with Gasteiger partial charge in [0.2, 0.25) is 0 Å². The lowest BCUT2D eigenvalue weighted by Crippen LogP contribution is -2.51. The molecule has 1 spiro atoms. The highest BCUT2D eigenvalue weighted by Gasteiger charge is 2.58. The van der Waals surface area contributed by atoms with Crippen LogP contribution in [0.25, 0.3) is 0 Å². The van der Waals surface area contributed by atoms with E-state index in [0.29, 0.717) is 31.0 Å². The topological polar surface area (TPSA) is 105 Å². The van der Waals surface area contributed by atoms with Crippen molar-refractivity contribution in [3.05, 3.63) is 0 Å². The van der Waals surface area contributed by atoms with Gasteiger partial charge in [-0.15, -0.1) is 0 Å². The molecule has 6 aliphatic carbocycles. The Morgan fingerprint density at radius 1 is 0.750 bits per heavy atom. The van der Waals surface area contributed by atoms with Crippen molar-refractivity contribution in [3.63, 3.8) is 0 Å². The van der Waals surface area contributed by atoms with Crippen LogP contribution in [0.5, 0.6) is 0 Å². The van der Waals surface area contributed by atoms with Crippen molar-refractivity contribution in [2.45, 2.75) is 114 Å². The van der Waals surface area contributed by atoms with Crippen molar-refractivity contribution in [1.82, 2.24) is 0 Å². The van der Waals surface area contributed by atoms with E-state index in [1.165, 1.54) is 44.9 Å². The first kappa shape index (κ1) is 25.2. The summed E-state index contributed by atoms with van der Waals surface area (Å²) < 4.78 is 11.3. The Morgan fingerprint density at radius 3 is 2.19 bits per heavy atom.